The Bertz CT molecular complexity index is 743. The van der Waals surface area contributed by atoms with E-state index in [0.29, 0.717) is 12.8 Å². The van der Waals surface area contributed by atoms with Crippen LogP contribution in [0, 0.1) is 11.7 Å². The summed E-state index contributed by atoms with van der Waals surface area (Å²) in [4.78, 5) is -0.902. The number of benzene rings is 1. The predicted molar refractivity (Wildman–Crippen MR) is 77.1 cm³/mol. The van der Waals surface area contributed by atoms with Gasteiger partial charge in [0.1, 0.15) is 10.7 Å². The van der Waals surface area contributed by atoms with E-state index in [-0.39, 0.29) is 22.7 Å². The van der Waals surface area contributed by atoms with Gasteiger partial charge in [-0.05, 0) is 37.0 Å². The largest absolute Gasteiger partial charge is 0.243 e. The molecule has 118 valence electrons. The summed E-state index contributed by atoms with van der Waals surface area (Å²) in [6, 6.07) is 2.70. The molecular formula is C12H15ClFNO4S2. The van der Waals surface area contributed by atoms with Gasteiger partial charge < -0.3 is 0 Å². The van der Waals surface area contributed by atoms with Crippen molar-refractivity contribution in [2.75, 3.05) is 12.8 Å². The minimum atomic E-state index is -4.10. The van der Waals surface area contributed by atoms with E-state index in [2.05, 4.69) is 4.72 Å². The molecule has 0 atom stereocenters. The number of alkyl halides is 1. The SMILES string of the molecule is CS(=O)(=O)c1ccc(F)c(S(=O)(=O)NCC2CC(Cl)C2)c1. The molecule has 0 aliphatic heterocycles. The van der Waals surface area contributed by atoms with Gasteiger partial charge in [0.15, 0.2) is 9.84 Å². The lowest BCUT2D eigenvalue weighted by molar-refractivity contribution is 0.323. The molecule has 1 fully saturated rings. The summed E-state index contributed by atoms with van der Waals surface area (Å²) in [6.45, 7) is 0.161. The third-order valence-corrected chi connectivity index (χ3v) is 6.27. The molecule has 1 aliphatic carbocycles. The molecule has 0 bridgehead atoms. The average Bonchev–Trinajstić information content (AvgIpc) is 2.32. The molecule has 0 aromatic heterocycles. The monoisotopic (exact) mass is 355 g/mol. The molecule has 1 saturated carbocycles. The maximum Gasteiger partial charge on any atom is 0.243 e. The van der Waals surface area contributed by atoms with Crippen LogP contribution >= 0.6 is 11.6 Å². The topological polar surface area (TPSA) is 80.3 Å². The highest BCUT2D eigenvalue weighted by Gasteiger charge is 2.29. The highest BCUT2D eigenvalue weighted by Crippen LogP contribution is 2.31. The van der Waals surface area contributed by atoms with Crippen LogP contribution in [0.4, 0.5) is 4.39 Å². The highest BCUT2D eigenvalue weighted by atomic mass is 35.5. The van der Waals surface area contributed by atoms with Crippen molar-refractivity contribution in [1.29, 1.82) is 0 Å². The van der Waals surface area contributed by atoms with Gasteiger partial charge in [-0.1, -0.05) is 0 Å². The van der Waals surface area contributed by atoms with Gasteiger partial charge in [-0.25, -0.2) is 25.9 Å². The smallest absolute Gasteiger partial charge is 0.224 e. The summed E-state index contributed by atoms with van der Waals surface area (Å²) < 4.78 is 63.0. The Kier molecular flexibility index (Phi) is 4.63. The molecule has 9 heteroatoms. The van der Waals surface area contributed by atoms with Gasteiger partial charge in [-0.2, -0.15) is 0 Å². The van der Waals surface area contributed by atoms with Crippen molar-refractivity contribution in [1.82, 2.24) is 4.72 Å². The molecule has 1 aromatic carbocycles. The van der Waals surface area contributed by atoms with Crippen molar-refractivity contribution in [3.05, 3.63) is 24.0 Å². The summed E-state index contributed by atoms with van der Waals surface area (Å²) >= 11 is 5.80. The van der Waals surface area contributed by atoms with Gasteiger partial charge in [0.25, 0.3) is 0 Å². The Morgan fingerprint density at radius 1 is 1.29 bits per heavy atom. The summed E-state index contributed by atoms with van der Waals surface area (Å²) in [5.41, 5.74) is 0. The van der Waals surface area contributed by atoms with Gasteiger partial charge in [-0.3, -0.25) is 0 Å². The molecule has 21 heavy (non-hydrogen) atoms. The summed E-state index contributed by atoms with van der Waals surface area (Å²) in [6.07, 6.45) is 2.34. The second kappa shape index (κ2) is 5.83. The van der Waals surface area contributed by atoms with Crippen molar-refractivity contribution in [2.24, 2.45) is 5.92 Å². The van der Waals surface area contributed by atoms with Crippen LogP contribution in [0.1, 0.15) is 12.8 Å². The lowest BCUT2D eigenvalue weighted by Crippen LogP contribution is -2.36. The molecule has 1 aliphatic rings. The minimum absolute atomic E-state index is 0.0600. The molecule has 0 amide bonds. The number of nitrogens with one attached hydrogen (secondary N) is 1. The molecule has 2 rings (SSSR count). The Balaban J connectivity index is 2.22. The number of sulfone groups is 1. The lowest BCUT2D eigenvalue weighted by Gasteiger charge is -2.30. The Hall–Kier alpha value is -0.700. The first kappa shape index (κ1) is 16.7. The molecule has 0 unspecified atom stereocenters. The first-order valence-electron chi connectivity index (χ1n) is 6.23. The third-order valence-electron chi connectivity index (χ3n) is 3.36. The normalized spacial score (nSPS) is 22.8. The number of hydrogen-bond acceptors (Lipinski definition) is 4. The summed E-state index contributed by atoms with van der Waals surface area (Å²) in [5, 5.41) is 0.0600. The standard InChI is InChI=1S/C12H15ClFNO4S2/c1-20(16,17)10-2-3-11(14)12(6-10)21(18,19)15-7-8-4-9(13)5-8/h2-3,6,8-9,15H,4-5,7H2,1H3. The number of hydrogen-bond donors (Lipinski definition) is 1. The van der Waals surface area contributed by atoms with E-state index in [1.165, 1.54) is 0 Å². The fourth-order valence-electron chi connectivity index (χ4n) is 2.05. The van der Waals surface area contributed by atoms with E-state index in [4.69, 9.17) is 11.6 Å². The lowest BCUT2D eigenvalue weighted by atomic mass is 9.85. The first-order valence-corrected chi connectivity index (χ1v) is 10.0. The zero-order valence-corrected chi connectivity index (χ0v) is 13.6. The molecule has 0 heterocycles. The zero-order chi connectivity index (χ0) is 15.8. The van der Waals surface area contributed by atoms with Gasteiger partial charge in [0.05, 0.1) is 4.90 Å². The first-order chi connectivity index (χ1) is 9.59. The van der Waals surface area contributed by atoms with Gasteiger partial charge in [-0.15, -0.1) is 11.6 Å². The Labute approximate surface area is 128 Å². The predicted octanol–water partition coefficient (Wildman–Crippen LogP) is 1.52. The van der Waals surface area contributed by atoms with Crippen LogP contribution in [-0.2, 0) is 19.9 Å². The third kappa shape index (κ3) is 3.94. The van der Waals surface area contributed by atoms with Gasteiger partial charge >= 0.3 is 0 Å². The maximum atomic E-state index is 13.7. The van der Waals surface area contributed by atoms with Crippen LogP contribution < -0.4 is 4.72 Å². The van der Waals surface area contributed by atoms with Crippen LogP contribution in [0.3, 0.4) is 0 Å². The van der Waals surface area contributed by atoms with Crippen molar-refractivity contribution in [3.8, 4) is 0 Å². The fourth-order valence-corrected chi connectivity index (χ4v) is 4.49. The minimum Gasteiger partial charge on any atom is -0.224 e. The van der Waals surface area contributed by atoms with E-state index < -0.39 is 30.6 Å². The van der Waals surface area contributed by atoms with E-state index in [1.54, 1.807) is 0 Å². The van der Waals surface area contributed by atoms with E-state index >= 15 is 0 Å². The molecule has 1 aromatic rings. The fraction of sp³-hybridized carbons (Fsp3) is 0.500. The quantitative estimate of drug-likeness (QED) is 0.641. The molecule has 1 N–H and O–H groups in total. The number of rotatable bonds is 5. The van der Waals surface area contributed by atoms with Crippen molar-refractivity contribution >= 4 is 31.5 Å². The number of halogens is 2. The molecular weight excluding hydrogens is 341 g/mol. The Morgan fingerprint density at radius 3 is 2.43 bits per heavy atom. The summed E-state index contributed by atoms with van der Waals surface area (Å²) in [5.74, 6) is -0.859. The van der Waals surface area contributed by atoms with Crippen LogP contribution in [0.15, 0.2) is 28.0 Å². The molecule has 0 saturated heterocycles. The van der Waals surface area contributed by atoms with Crippen molar-refractivity contribution < 1.29 is 21.2 Å². The van der Waals surface area contributed by atoms with Crippen molar-refractivity contribution in [3.63, 3.8) is 0 Å². The summed E-state index contributed by atoms with van der Waals surface area (Å²) in [7, 11) is -7.71. The van der Waals surface area contributed by atoms with E-state index in [1.807, 2.05) is 0 Å². The van der Waals surface area contributed by atoms with Crippen LogP contribution in [0.25, 0.3) is 0 Å². The highest BCUT2D eigenvalue weighted by molar-refractivity contribution is 7.91. The van der Waals surface area contributed by atoms with Gasteiger partial charge in [0, 0.05) is 18.2 Å². The van der Waals surface area contributed by atoms with Crippen LogP contribution in [0.5, 0.6) is 0 Å². The average molecular weight is 356 g/mol. The molecule has 0 radical (unpaired) electrons. The van der Waals surface area contributed by atoms with Crippen molar-refractivity contribution in [2.45, 2.75) is 28.0 Å². The molecule has 0 spiro atoms. The van der Waals surface area contributed by atoms with E-state index in [9.17, 15) is 21.2 Å². The van der Waals surface area contributed by atoms with Gasteiger partial charge in [0.2, 0.25) is 10.0 Å². The Morgan fingerprint density at radius 2 is 1.90 bits per heavy atom. The van der Waals surface area contributed by atoms with Crippen LogP contribution in [-0.4, -0.2) is 35.0 Å². The maximum absolute atomic E-state index is 13.7. The van der Waals surface area contributed by atoms with E-state index in [0.717, 1.165) is 24.5 Å². The zero-order valence-electron chi connectivity index (χ0n) is 11.2. The van der Waals surface area contributed by atoms with Crippen LogP contribution in [0.2, 0.25) is 0 Å². The second-order valence-corrected chi connectivity index (χ2v) is 9.52. The number of sulfonamides is 1. The second-order valence-electron chi connectivity index (χ2n) is 5.15. The molecule has 5 nitrogen and oxygen atoms in total.